The fourth-order valence-corrected chi connectivity index (χ4v) is 2.64. The highest BCUT2D eigenvalue weighted by Gasteiger charge is 2.14. The number of carbonyl (C=O) groups excluding carboxylic acids is 1. The molecule has 0 saturated carbocycles. The summed E-state index contributed by atoms with van der Waals surface area (Å²) in [6, 6.07) is 4.15. The van der Waals surface area contributed by atoms with Crippen molar-refractivity contribution in [2.45, 2.75) is 44.9 Å². The smallest absolute Gasteiger partial charge is 0.230 e. The van der Waals surface area contributed by atoms with Gasteiger partial charge >= 0.3 is 0 Å². The van der Waals surface area contributed by atoms with E-state index in [2.05, 4.69) is 16.4 Å². The molecule has 1 atom stereocenters. The van der Waals surface area contributed by atoms with E-state index in [1.165, 1.54) is 11.8 Å². The number of nitrogens with one attached hydrogen (secondary N) is 1. The van der Waals surface area contributed by atoms with E-state index in [1.54, 1.807) is 7.11 Å². The van der Waals surface area contributed by atoms with Crippen LogP contribution < -0.4 is 5.32 Å². The number of carbonyl (C=O) groups is 1. The molecule has 6 heteroatoms. The van der Waals surface area contributed by atoms with E-state index in [0.717, 1.165) is 17.7 Å². The summed E-state index contributed by atoms with van der Waals surface area (Å²) >= 11 is 1.29. The van der Waals surface area contributed by atoms with Crippen LogP contribution in [-0.4, -0.2) is 29.8 Å². The Morgan fingerprint density at radius 1 is 1.62 bits per heavy atom. The Labute approximate surface area is 130 Å². The van der Waals surface area contributed by atoms with Crippen LogP contribution >= 0.6 is 11.8 Å². The zero-order valence-corrected chi connectivity index (χ0v) is 13.7. The molecule has 0 unspecified atom stereocenters. The van der Waals surface area contributed by atoms with Crippen LogP contribution in [0.25, 0.3) is 0 Å². The first-order valence-electron chi connectivity index (χ1n) is 6.83. The lowest BCUT2D eigenvalue weighted by molar-refractivity contribution is -0.119. The fourth-order valence-electron chi connectivity index (χ4n) is 1.76. The minimum absolute atomic E-state index is 0.0464. The Morgan fingerprint density at radius 3 is 2.90 bits per heavy atom. The maximum atomic E-state index is 11.8. The van der Waals surface area contributed by atoms with Crippen molar-refractivity contribution in [1.82, 2.24) is 10.3 Å². The van der Waals surface area contributed by atoms with Crippen molar-refractivity contribution in [3.8, 4) is 6.07 Å². The van der Waals surface area contributed by atoms with Crippen LogP contribution in [0.15, 0.2) is 11.1 Å². The largest absolute Gasteiger partial charge is 0.380 e. The summed E-state index contributed by atoms with van der Waals surface area (Å²) in [4.78, 5) is 16.2. The van der Waals surface area contributed by atoms with Gasteiger partial charge in [0.05, 0.1) is 17.9 Å². The molecule has 0 bridgehead atoms. The van der Waals surface area contributed by atoms with Crippen molar-refractivity contribution in [2.75, 3.05) is 12.9 Å². The monoisotopic (exact) mass is 307 g/mol. The number of nitriles is 1. The number of methoxy groups -OCH3 is 1. The van der Waals surface area contributed by atoms with Gasteiger partial charge in [-0.25, -0.2) is 4.98 Å². The molecule has 1 N–H and O–H groups in total. The van der Waals surface area contributed by atoms with E-state index in [1.807, 2.05) is 26.8 Å². The summed E-state index contributed by atoms with van der Waals surface area (Å²) in [6.45, 7) is 6.21. The highest BCUT2D eigenvalue weighted by atomic mass is 32.2. The topological polar surface area (TPSA) is 75.0 Å². The zero-order chi connectivity index (χ0) is 15.8. The zero-order valence-electron chi connectivity index (χ0n) is 12.9. The van der Waals surface area contributed by atoms with Crippen molar-refractivity contribution in [3.63, 3.8) is 0 Å². The molecule has 1 rings (SSSR count). The van der Waals surface area contributed by atoms with E-state index in [0.29, 0.717) is 17.2 Å². The second-order valence-corrected chi connectivity index (χ2v) is 5.78. The molecule has 5 nitrogen and oxygen atoms in total. The average Bonchev–Trinajstić information content (AvgIpc) is 2.45. The summed E-state index contributed by atoms with van der Waals surface area (Å²) in [7, 11) is 1.59. The molecular formula is C15H21N3O2S. The average molecular weight is 307 g/mol. The van der Waals surface area contributed by atoms with Gasteiger partial charge in [0.1, 0.15) is 11.1 Å². The Hall–Kier alpha value is -1.58. The van der Waals surface area contributed by atoms with Gasteiger partial charge in [-0.15, -0.1) is 0 Å². The Morgan fingerprint density at radius 2 is 2.33 bits per heavy atom. The van der Waals surface area contributed by atoms with Gasteiger partial charge in [0.15, 0.2) is 0 Å². The third kappa shape index (κ3) is 5.37. The Kier molecular flexibility index (Phi) is 7.20. The van der Waals surface area contributed by atoms with Gasteiger partial charge in [-0.3, -0.25) is 4.79 Å². The molecule has 1 heterocycles. The highest BCUT2D eigenvalue weighted by molar-refractivity contribution is 8.00. The van der Waals surface area contributed by atoms with Crippen LogP contribution in [0.3, 0.4) is 0 Å². The molecule has 21 heavy (non-hydrogen) atoms. The Balaban J connectivity index is 2.83. The number of ether oxygens (including phenoxy) is 1. The maximum absolute atomic E-state index is 11.8. The number of amides is 1. The van der Waals surface area contributed by atoms with Crippen LogP contribution in [-0.2, 0) is 16.1 Å². The van der Waals surface area contributed by atoms with E-state index >= 15 is 0 Å². The molecule has 0 fully saturated rings. The van der Waals surface area contributed by atoms with E-state index in [9.17, 15) is 10.1 Å². The van der Waals surface area contributed by atoms with Crippen LogP contribution in [0.1, 0.15) is 37.1 Å². The molecule has 1 aromatic rings. The fraction of sp³-hybridized carbons (Fsp3) is 0.533. The molecular weight excluding hydrogens is 286 g/mol. The van der Waals surface area contributed by atoms with E-state index in [4.69, 9.17) is 4.74 Å². The van der Waals surface area contributed by atoms with Gasteiger partial charge in [-0.2, -0.15) is 5.26 Å². The van der Waals surface area contributed by atoms with Crippen molar-refractivity contribution in [1.29, 1.82) is 5.26 Å². The van der Waals surface area contributed by atoms with Gasteiger partial charge in [0.2, 0.25) is 5.91 Å². The first kappa shape index (κ1) is 17.5. The number of rotatable bonds is 7. The predicted octanol–water partition coefficient (Wildman–Crippen LogP) is 2.41. The quantitative estimate of drug-likeness (QED) is 0.783. The van der Waals surface area contributed by atoms with Gasteiger partial charge in [0.25, 0.3) is 0 Å². The minimum Gasteiger partial charge on any atom is -0.380 e. The minimum atomic E-state index is -0.0464. The molecule has 0 aliphatic heterocycles. The molecule has 0 aromatic carbocycles. The van der Waals surface area contributed by atoms with Crippen LogP contribution in [0, 0.1) is 18.3 Å². The molecule has 1 amide bonds. The normalized spacial score (nSPS) is 11.8. The SMILES string of the molecule is CC[C@H](C)NC(=O)CSc1nc(C)cc(COC)c1C#N. The van der Waals surface area contributed by atoms with E-state index < -0.39 is 0 Å². The number of aryl methyl sites for hydroxylation is 1. The number of thioether (sulfide) groups is 1. The van der Waals surface area contributed by atoms with Gasteiger partial charge < -0.3 is 10.1 Å². The van der Waals surface area contributed by atoms with Gasteiger partial charge in [0, 0.05) is 18.8 Å². The third-order valence-electron chi connectivity index (χ3n) is 2.97. The van der Waals surface area contributed by atoms with E-state index in [-0.39, 0.29) is 17.7 Å². The Bertz CT molecular complexity index is 540. The second kappa shape index (κ2) is 8.65. The lowest BCUT2D eigenvalue weighted by Gasteiger charge is -2.12. The molecule has 0 spiro atoms. The second-order valence-electron chi connectivity index (χ2n) is 4.81. The molecule has 114 valence electrons. The summed E-state index contributed by atoms with van der Waals surface area (Å²) < 4.78 is 5.11. The van der Waals surface area contributed by atoms with Crippen LogP contribution in [0.4, 0.5) is 0 Å². The third-order valence-corrected chi connectivity index (χ3v) is 3.94. The first-order valence-corrected chi connectivity index (χ1v) is 7.82. The number of hydrogen-bond donors (Lipinski definition) is 1. The number of pyridine rings is 1. The van der Waals surface area contributed by atoms with Gasteiger partial charge in [-0.1, -0.05) is 18.7 Å². The van der Waals surface area contributed by atoms with Crippen molar-refractivity contribution < 1.29 is 9.53 Å². The lowest BCUT2D eigenvalue weighted by atomic mass is 10.1. The summed E-state index contributed by atoms with van der Waals surface area (Å²) in [5.74, 6) is 0.205. The van der Waals surface area contributed by atoms with Crippen LogP contribution in [0.2, 0.25) is 0 Å². The molecule has 0 saturated heterocycles. The van der Waals surface area contributed by atoms with Gasteiger partial charge in [-0.05, 0) is 31.9 Å². The highest BCUT2D eigenvalue weighted by Crippen LogP contribution is 2.24. The summed E-state index contributed by atoms with van der Waals surface area (Å²) in [5.41, 5.74) is 2.10. The van der Waals surface area contributed by atoms with Crippen molar-refractivity contribution in [2.24, 2.45) is 0 Å². The maximum Gasteiger partial charge on any atom is 0.230 e. The van der Waals surface area contributed by atoms with Crippen LogP contribution in [0.5, 0.6) is 0 Å². The van der Waals surface area contributed by atoms with Crippen molar-refractivity contribution >= 4 is 17.7 Å². The summed E-state index contributed by atoms with van der Waals surface area (Å²) in [6.07, 6.45) is 0.889. The molecule has 0 radical (unpaired) electrons. The standard InChI is InChI=1S/C15H21N3O2S/c1-5-10(2)17-14(19)9-21-15-13(7-16)12(8-20-4)6-11(3)18-15/h6,10H,5,8-9H2,1-4H3,(H,17,19)/t10-/m0/s1. The number of aromatic nitrogens is 1. The van der Waals surface area contributed by atoms with Crippen molar-refractivity contribution in [3.05, 3.63) is 22.9 Å². The predicted molar refractivity (Wildman–Crippen MR) is 83.0 cm³/mol. The first-order chi connectivity index (χ1) is 10.0. The summed E-state index contributed by atoms with van der Waals surface area (Å²) in [5, 5.41) is 12.8. The number of hydrogen-bond acceptors (Lipinski definition) is 5. The molecule has 1 aromatic heterocycles. The number of nitrogens with zero attached hydrogens (tertiary/aromatic N) is 2. The lowest BCUT2D eigenvalue weighted by Crippen LogP contribution is -2.33. The molecule has 0 aliphatic carbocycles. The molecule has 0 aliphatic rings.